The molecule has 3 aliphatic rings. The molecule has 2 atom stereocenters. The Morgan fingerprint density at radius 3 is 2.21 bits per heavy atom. The van der Waals surface area contributed by atoms with E-state index in [4.69, 9.17) is 0 Å². The van der Waals surface area contributed by atoms with Crippen molar-refractivity contribution in [2.45, 2.75) is 51.4 Å². The van der Waals surface area contributed by atoms with Crippen molar-refractivity contribution in [1.82, 2.24) is 0 Å². The Labute approximate surface area is 96.0 Å². The van der Waals surface area contributed by atoms with Crippen molar-refractivity contribution in [3.63, 3.8) is 0 Å². The first-order valence-electron chi connectivity index (χ1n) is 6.40. The molecule has 1 heteroatoms. The summed E-state index contributed by atoms with van der Waals surface area (Å²) in [4.78, 5) is 0. The van der Waals surface area contributed by atoms with E-state index >= 15 is 0 Å². The van der Waals surface area contributed by atoms with E-state index in [9.17, 15) is 0 Å². The molecule has 3 fully saturated rings. The highest BCUT2D eigenvalue weighted by Gasteiger charge is 2.55. The van der Waals surface area contributed by atoms with Crippen LogP contribution in [0.25, 0.3) is 0 Å². The van der Waals surface area contributed by atoms with Gasteiger partial charge in [-0.25, -0.2) is 0 Å². The van der Waals surface area contributed by atoms with Crippen LogP contribution in [-0.4, -0.2) is 5.33 Å². The normalized spacial score (nSPS) is 47.8. The first-order valence-corrected chi connectivity index (χ1v) is 7.52. The van der Waals surface area contributed by atoms with Crippen LogP contribution in [0.1, 0.15) is 51.4 Å². The first-order chi connectivity index (χ1) is 6.84. The van der Waals surface area contributed by atoms with Crippen molar-refractivity contribution in [1.29, 1.82) is 0 Å². The summed E-state index contributed by atoms with van der Waals surface area (Å²) < 4.78 is 0. The van der Waals surface area contributed by atoms with Gasteiger partial charge >= 0.3 is 0 Å². The van der Waals surface area contributed by atoms with Gasteiger partial charge in [0.15, 0.2) is 0 Å². The number of rotatable bonds is 2. The van der Waals surface area contributed by atoms with Crippen LogP contribution in [0.3, 0.4) is 0 Å². The monoisotopic (exact) mass is 256 g/mol. The van der Waals surface area contributed by atoms with Crippen molar-refractivity contribution in [2.24, 2.45) is 23.2 Å². The zero-order valence-electron chi connectivity index (χ0n) is 8.97. The van der Waals surface area contributed by atoms with E-state index in [2.05, 4.69) is 15.9 Å². The van der Waals surface area contributed by atoms with Crippen molar-refractivity contribution >= 4 is 15.9 Å². The lowest BCUT2D eigenvalue weighted by Crippen LogP contribution is -2.32. The highest BCUT2D eigenvalue weighted by Crippen LogP contribution is 2.64. The average Bonchev–Trinajstić information content (AvgIpc) is 2.88. The van der Waals surface area contributed by atoms with Gasteiger partial charge in [-0.15, -0.1) is 0 Å². The number of halogens is 1. The molecule has 0 radical (unpaired) electrons. The predicted molar refractivity (Wildman–Crippen MR) is 63.6 cm³/mol. The molecule has 0 aliphatic heterocycles. The fraction of sp³-hybridized carbons (Fsp3) is 1.00. The van der Waals surface area contributed by atoms with E-state index in [-0.39, 0.29) is 0 Å². The van der Waals surface area contributed by atoms with Crippen LogP contribution in [0.15, 0.2) is 0 Å². The largest absolute Gasteiger partial charge is 0.0922 e. The molecule has 0 saturated heterocycles. The summed E-state index contributed by atoms with van der Waals surface area (Å²) in [7, 11) is 0. The van der Waals surface area contributed by atoms with Crippen LogP contribution in [0, 0.1) is 23.2 Å². The maximum atomic E-state index is 3.82. The Balaban J connectivity index is 1.72. The van der Waals surface area contributed by atoms with Gasteiger partial charge in [-0.1, -0.05) is 35.2 Å². The molecule has 3 aliphatic carbocycles. The van der Waals surface area contributed by atoms with Gasteiger partial charge in [0.05, 0.1) is 0 Å². The number of alkyl halides is 1. The Morgan fingerprint density at radius 1 is 1.00 bits per heavy atom. The molecule has 0 bridgehead atoms. The minimum Gasteiger partial charge on any atom is -0.0922 e. The van der Waals surface area contributed by atoms with E-state index in [1.807, 2.05) is 0 Å². The van der Waals surface area contributed by atoms with Crippen LogP contribution in [-0.2, 0) is 0 Å². The quantitative estimate of drug-likeness (QED) is 0.644. The average molecular weight is 257 g/mol. The SMILES string of the molecule is BrCC1(C2CCCCC2)CC2CC2C1. The van der Waals surface area contributed by atoms with Gasteiger partial charge in [0.2, 0.25) is 0 Å². The van der Waals surface area contributed by atoms with Gasteiger partial charge in [-0.05, 0) is 55.3 Å². The third-order valence-corrected chi connectivity index (χ3v) is 6.26. The first kappa shape index (κ1) is 9.69. The van der Waals surface area contributed by atoms with Crippen molar-refractivity contribution in [3.05, 3.63) is 0 Å². The van der Waals surface area contributed by atoms with Crippen LogP contribution in [0.2, 0.25) is 0 Å². The third kappa shape index (κ3) is 1.47. The molecule has 0 spiro atoms. The van der Waals surface area contributed by atoms with E-state index in [0.717, 1.165) is 23.2 Å². The molecule has 14 heavy (non-hydrogen) atoms. The van der Waals surface area contributed by atoms with Crippen LogP contribution in [0.4, 0.5) is 0 Å². The van der Waals surface area contributed by atoms with Gasteiger partial charge in [0.1, 0.15) is 0 Å². The van der Waals surface area contributed by atoms with E-state index in [0.29, 0.717) is 0 Å². The second-order valence-corrected chi connectivity index (χ2v) is 6.56. The Bertz CT molecular complexity index is 207. The fourth-order valence-electron chi connectivity index (χ4n) is 4.20. The summed E-state index contributed by atoms with van der Waals surface area (Å²) in [5.74, 6) is 3.37. The number of hydrogen-bond donors (Lipinski definition) is 0. The van der Waals surface area contributed by atoms with Gasteiger partial charge in [-0.2, -0.15) is 0 Å². The fourth-order valence-corrected chi connectivity index (χ4v) is 5.12. The van der Waals surface area contributed by atoms with Crippen molar-refractivity contribution in [2.75, 3.05) is 5.33 Å². The van der Waals surface area contributed by atoms with Crippen LogP contribution < -0.4 is 0 Å². The minimum atomic E-state index is 0.744. The van der Waals surface area contributed by atoms with Crippen LogP contribution in [0.5, 0.6) is 0 Å². The third-order valence-electron chi connectivity index (χ3n) is 5.14. The summed E-state index contributed by atoms with van der Waals surface area (Å²) in [6.07, 6.45) is 12.3. The molecule has 80 valence electrons. The standard InChI is InChI=1S/C13H21Br/c14-9-13(7-10-6-11(10)8-13)12-4-2-1-3-5-12/h10-12H,1-9H2. The predicted octanol–water partition coefficient (Wildman–Crippen LogP) is 4.38. The molecule has 3 rings (SSSR count). The molecule has 0 aromatic heterocycles. The summed E-state index contributed by atoms with van der Waals surface area (Å²) in [5.41, 5.74) is 0.744. The molecular formula is C13H21Br. The number of hydrogen-bond acceptors (Lipinski definition) is 0. The van der Waals surface area contributed by atoms with Crippen LogP contribution >= 0.6 is 15.9 Å². The zero-order valence-corrected chi connectivity index (χ0v) is 10.6. The Hall–Kier alpha value is 0.480. The summed E-state index contributed by atoms with van der Waals surface area (Å²) in [5, 5.41) is 1.29. The molecule has 0 heterocycles. The molecular weight excluding hydrogens is 236 g/mol. The molecule has 0 nitrogen and oxygen atoms in total. The zero-order chi connectivity index (χ0) is 9.60. The summed E-state index contributed by atoms with van der Waals surface area (Å²) in [6, 6.07) is 0. The van der Waals surface area contributed by atoms with Gasteiger partial charge < -0.3 is 0 Å². The van der Waals surface area contributed by atoms with Gasteiger partial charge in [0.25, 0.3) is 0 Å². The van der Waals surface area contributed by atoms with Crippen molar-refractivity contribution < 1.29 is 0 Å². The van der Waals surface area contributed by atoms with Gasteiger partial charge in [-0.3, -0.25) is 0 Å². The van der Waals surface area contributed by atoms with E-state index in [1.54, 1.807) is 19.3 Å². The molecule has 0 aromatic carbocycles. The molecule has 3 saturated carbocycles. The molecule has 0 aromatic rings. The molecule has 2 unspecified atom stereocenters. The van der Waals surface area contributed by atoms with Crippen molar-refractivity contribution in [3.8, 4) is 0 Å². The van der Waals surface area contributed by atoms with E-state index in [1.165, 1.54) is 37.4 Å². The topological polar surface area (TPSA) is 0 Å². The maximum absolute atomic E-state index is 3.82. The lowest BCUT2D eigenvalue weighted by molar-refractivity contribution is 0.134. The van der Waals surface area contributed by atoms with Gasteiger partial charge in [0, 0.05) is 5.33 Å². The Kier molecular flexibility index (Phi) is 2.42. The minimum absolute atomic E-state index is 0.744. The molecule has 0 N–H and O–H groups in total. The lowest BCUT2D eigenvalue weighted by atomic mass is 9.67. The maximum Gasteiger partial charge on any atom is 0.00908 e. The Morgan fingerprint density at radius 2 is 1.64 bits per heavy atom. The number of fused-ring (bicyclic) bond motifs is 1. The highest BCUT2D eigenvalue weighted by molar-refractivity contribution is 9.09. The second kappa shape index (κ2) is 3.50. The summed E-state index contributed by atoms with van der Waals surface area (Å²) in [6.45, 7) is 0. The summed E-state index contributed by atoms with van der Waals surface area (Å²) >= 11 is 3.82. The lowest BCUT2D eigenvalue weighted by Gasteiger charge is -2.40. The smallest absolute Gasteiger partial charge is 0.00908 e. The van der Waals surface area contributed by atoms with E-state index < -0.39 is 0 Å². The highest BCUT2D eigenvalue weighted by atomic mass is 79.9. The second-order valence-electron chi connectivity index (χ2n) is 6.00. The molecule has 0 amide bonds.